The van der Waals surface area contributed by atoms with Crippen molar-refractivity contribution in [2.24, 2.45) is 0 Å². The minimum absolute atomic E-state index is 0.103. The summed E-state index contributed by atoms with van der Waals surface area (Å²) >= 11 is 0. The van der Waals surface area contributed by atoms with E-state index in [4.69, 9.17) is 9.15 Å². The number of rotatable bonds is 3. The second-order valence-corrected chi connectivity index (χ2v) is 5.73. The Balaban J connectivity index is 1.82. The molecule has 0 aliphatic carbocycles. The van der Waals surface area contributed by atoms with Gasteiger partial charge in [0.15, 0.2) is 0 Å². The van der Waals surface area contributed by atoms with Crippen molar-refractivity contribution in [2.45, 2.75) is 13.8 Å². The van der Waals surface area contributed by atoms with Gasteiger partial charge >= 0.3 is 0 Å². The maximum Gasteiger partial charge on any atom is 0.259 e. The number of anilines is 1. The van der Waals surface area contributed by atoms with Crippen LogP contribution in [0.3, 0.4) is 0 Å². The number of hydrogen-bond acceptors (Lipinski definition) is 4. The van der Waals surface area contributed by atoms with Crippen molar-refractivity contribution in [1.82, 2.24) is 4.90 Å². The Morgan fingerprint density at radius 1 is 1.08 bits per heavy atom. The van der Waals surface area contributed by atoms with Gasteiger partial charge in [0.25, 0.3) is 11.8 Å². The van der Waals surface area contributed by atoms with Crippen molar-refractivity contribution in [3.63, 3.8) is 0 Å². The summed E-state index contributed by atoms with van der Waals surface area (Å²) in [5.41, 5.74) is 1.45. The number of furan rings is 1. The number of benzene rings is 1. The molecule has 6 nitrogen and oxygen atoms in total. The van der Waals surface area contributed by atoms with Crippen LogP contribution in [-0.4, -0.2) is 43.0 Å². The molecule has 0 atom stereocenters. The van der Waals surface area contributed by atoms with Gasteiger partial charge in [0.2, 0.25) is 0 Å². The van der Waals surface area contributed by atoms with Crippen LogP contribution in [-0.2, 0) is 4.74 Å². The minimum atomic E-state index is -0.286. The molecule has 0 saturated carbocycles. The Morgan fingerprint density at radius 2 is 1.79 bits per heavy atom. The minimum Gasteiger partial charge on any atom is -0.466 e. The molecule has 1 aromatic carbocycles. The number of carbonyl (C=O) groups excluding carboxylic acids is 2. The van der Waals surface area contributed by atoms with E-state index in [2.05, 4.69) is 5.32 Å². The zero-order valence-corrected chi connectivity index (χ0v) is 13.8. The molecule has 0 unspecified atom stereocenters. The smallest absolute Gasteiger partial charge is 0.259 e. The summed E-state index contributed by atoms with van der Waals surface area (Å²) in [4.78, 5) is 26.9. The molecule has 0 bridgehead atoms. The molecule has 0 spiro atoms. The van der Waals surface area contributed by atoms with Gasteiger partial charge in [0.05, 0.1) is 30.0 Å². The average Bonchev–Trinajstić information content (AvgIpc) is 2.94. The number of nitrogens with one attached hydrogen (secondary N) is 1. The Kier molecular flexibility index (Phi) is 4.66. The van der Waals surface area contributed by atoms with Crippen molar-refractivity contribution < 1.29 is 18.7 Å². The molecule has 24 heavy (non-hydrogen) atoms. The van der Waals surface area contributed by atoms with Crippen LogP contribution in [0, 0.1) is 13.8 Å². The quantitative estimate of drug-likeness (QED) is 0.940. The SMILES string of the molecule is Cc1cc(C(=O)Nc2ccccc2C(=O)N2CCOCC2)c(C)o1. The third-order valence-corrected chi connectivity index (χ3v) is 3.99. The molecule has 1 aliphatic rings. The van der Waals surface area contributed by atoms with Crippen LogP contribution in [0.1, 0.15) is 32.2 Å². The van der Waals surface area contributed by atoms with E-state index in [1.807, 2.05) is 0 Å². The first kappa shape index (κ1) is 16.3. The topological polar surface area (TPSA) is 71.8 Å². The molecule has 2 aromatic rings. The fraction of sp³-hybridized carbons (Fsp3) is 0.333. The number of morpholine rings is 1. The largest absolute Gasteiger partial charge is 0.466 e. The summed E-state index contributed by atoms with van der Waals surface area (Å²) in [6, 6.07) is 8.72. The number of carbonyl (C=O) groups is 2. The zero-order chi connectivity index (χ0) is 17.1. The molecule has 1 aromatic heterocycles. The van der Waals surface area contributed by atoms with E-state index in [9.17, 15) is 9.59 Å². The van der Waals surface area contributed by atoms with Crippen molar-refractivity contribution in [3.8, 4) is 0 Å². The van der Waals surface area contributed by atoms with Crippen molar-refractivity contribution >= 4 is 17.5 Å². The molecular weight excluding hydrogens is 308 g/mol. The van der Waals surface area contributed by atoms with E-state index in [-0.39, 0.29) is 11.8 Å². The highest BCUT2D eigenvalue weighted by atomic mass is 16.5. The lowest BCUT2D eigenvalue weighted by Crippen LogP contribution is -2.41. The molecule has 6 heteroatoms. The van der Waals surface area contributed by atoms with Gasteiger partial charge in [-0.25, -0.2) is 0 Å². The van der Waals surface area contributed by atoms with Crippen molar-refractivity contribution in [1.29, 1.82) is 0 Å². The Hall–Kier alpha value is -2.60. The van der Waals surface area contributed by atoms with Crippen LogP contribution in [0.2, 0.25) is 0 Å². The number of hydrogen-bond donors (Lipinski definition) is 1. The first-order valence-corrected chi connectivity index (χ1v) is 7.90. The van der Waals surface area contributed by atoms with Crippen LogP contribution in [0.25, 0.3) is 0 Å². The fourth-order valence-electron chi connectivity index (χ4n) is 2.76. The van der Waals surface area contributed by atoms with Gasteiger partial charge in [-0.05, 0) is 32.0 Å². The van der Waals surface area contributed by atoms with E-state index >= 15 is 0 Å². The highest BCUT2D eigenvalue weighted by molar-refractivity contribution is 6.09. The molecule has 2 heterocycles. The molecule has 1 saturated heterocycles. The first-order valence-electron chi connectivity index (χ1n) is 7.90. The Morgan fingerprint density at radius 3 is 2.46 bits per heavy atom. The summed E-state index contributed by atoms with van der Waals surface area (Å²) in [6.07, 6.45) is 0. The predicted molar refractivity (Wildman–Crippen MR) is 89.3 cm³/mol. The average molecular weight is 328 g/mol. The molecule has 3 rings (SSSR count). The lowest BCUT2D eigenvalue weighted by atomic mass is 10.1. The lowest BCUT2D eigenvalue weighted by molar-refractivity contribution is 0.0303. The first-order chi connectivity index (χ1) is 11.6. The second kappa shape index (κ2) is 6.88. The Bertz CT molecular complexity index is 760. The summed E-state index contributed by atoms with van der Waals surface area (Å²) in [6.45, 7) is 5.72. The predicted octanol–water partition coefficient (Wildman–Crippen LogP) is 2.62. The molecule has 0 radical (unpaired) electrons. The number of amides is 2. The van der Waals surface area contributed by atoms with E-state index in [0.29, 0.717) is 54.6 Å². The van der Waals surface area contributed by atoms with Gasteiger partial charge in [-0.3, -0.25) is 9.59 Å². The molecule has 1 fully saturated rings. The number of nitrogens with zero attached hydrogens (tertiary/aromatic N) is 1. The van der Waals surface area contributed by atoms with E-state index in [1.54, 1.807) is 49.1 Å². The maximum atomic E-state index is 12.7. The summed E-state index contributed by atoms with van der Waals surface area (Å²) in [5.74, 6) is 0.846. The van der Waals surface area contributed by atoms with Gasteiger partial charge in [0, 0.05) is 13.1 Å². The summed E-state index contributed by atoms with van der Waals surface area (Å²) < 4.78 is 10.7. The lowest BCUT2D eigenvalue weighted by Gasteiger charge is -2.27. The maximum absolute atomic E-state index is 12.7. The van der Waals surface area contributed by atoms with Crippen LogP contribution < -0.4 is 5.32 Å². The molecule has 2 amide bonds. The standard InChI is InChI=1S/C18H20N2O4/c1-12-11-15(13(2)24-12)17(21)19-16-6-4-3-5-14(16)18(22)20-7-9-23-10-8-20/h3-6,11H,7-10H2,1-2H3,(H,19,21). The van der Waals surface area contributed by atoms with Gasteiger partial charge in [-0.2, -0.15) is 0 Å². The summed E-state index contributed by atoms with van der Waals surface area (Å²) in [5, 5.41) is 2.82. The Labute approximate surface area is 140 Å². The highest BCUT2D eigenvalue weighted by Crippen LogP contribution is 2.21. The van der Waals surface area contributed by atoms with Gasteiger partial charge in [0.1, 0.15) is 11.5 Å². The van der Waals surface area contributed by atoms with E-state index in [1.165, 1.54) is 0 Å². The van der Waals surface area contributed by atoms with Crippen LogP contribution in [0.15, 0.2) is 34.7 Å². The summed E-state index contributed by atoms with van der Waals surface area (Å²) in [7, 11) is 0. The number of aryl methyl sites for hydroxylation is 2. The number of para-hydroxylation sites is 1. The van der Waals surface area contributed by atoms with Crippen LogP contribution in [0.4, 0.5) is 5.69 Å². The molecule has 1 aliphatic heterocycles. The van der Waals surface area contributed by atoms with Crippen LogP contribution >= 0.6 is 0 Å². The monoisotopic (exact) mass is 328 g/mol. The molecule has 126 valence electrons. The van der Waals surface area contributed by atoms with E-state index in [0.717, 1.165) is 0 Å². The third-order valence-electron chi connectivity index (χ3n) is 3.99. The third kappa shape index (κ3) is 3.33. The molecule has 1 N–H and O–H groups in total. The van der Waals surface area contributed by atoms with Crippen molar-refractivity contribution in [3.05, 3.63) is 53.0 Å². The second-order valence-electron chi connectivity index (χ2n) is 5.73. The molecular formula is C18H20N2O4. The van der Waals surface area contributed by atoms with Gasteiger partial charge < -0.3 is 19.4 Å². The normalized spacial score (nSPS) is 14.5. The highest BCUT2D eigenvalue weighted by Gasteiger charge is 2.22. The van der Waals surface area contributed by atoms with Gasteiger partial charge in [-0.15, -0.1) is 0 Å². The number of ether oxygens (including phenoxy) is 1. The van der Waals surface area contributed by atoms with Crippen molar-refractivity contribution in [2.75, 3.05) is 31.6 Å². The zero-order valence-electron chi connectivity index (χ0n) is 13.8. The van der Waals surface area contributed by atoms with Crippen LogP contribution in [0.5, 0.6) is 0 Å². The van der Waals surface area contributed by atoms with Gasteiger partial charge in [-0.1, -0.05) is 12.1 Å². The fourth-order valence-corrected chi connectivity index (χ4v) is 2.76. The van der Waals surface area contributed by atoms with E-state index < -0.39 is 0 Å².